The van der Waals surface area contributed by atoms with Gasteiger partial charge in [0.1, 0.15) is 6.61 Å². The third-order valence-electron chi connectivity index (χ3n) is 2.02. The molecule has 1 aromatic carbocycles. The monoisotopic (exact) mass is 189 g/mol. The molecule has 1 aliphatic heterocycles. The summed E-state index contributed by atoms with van der Waals surface area (Å²) in [6, 6.07) is 9.94. The third kappa shape index (κ3) is 2.13. The van der Waals surface area contributed by atoms with Crippen LogP contribution in [-0.2, 0) is 4.74 Å². The minimum atomic E-state index is -0.340. The molecule has 1 amide bonds. The van der Waals surface area contributed by atoms with E-state index in [-0.39, 0.29) is 12.1 Å². The molecule has 0 aromatic heterocycles. The van der Waals surface area contributed by atoms with Gasteiger partial charge in [0.25, 0.3) is 0 Å². The number of nitrogens with one attached hydrogen (secondary N) is 1. The van der Waals surface area contributed by atoms with Crippen LogP contribution in [0.2, 0.25) is 0 Å². The summed E-state index contributed by atoms with van der Waals surface area (Å²) < 4.78 is 4.75. The van der Waals surface area contributed by atoms with Gasteiger partial charge < -0.3 is 10.1 Å². The van der Waals surface area contributed by atoms with Gasteiger partial charge in [0, 0.05) is 0 Å². The minimum Gasteiger partial charge on any atom is -0.447 e. The van der Waals surface area contributed by atoms with Gasteiger partial charge in [-0.15, -0.1) is 0 Å². The lowest BCUT2D eigenvalue weighted by Gasteiger charge is -1.98. The Hall–Kier alpha value is -1.77. The Kier molecular flexibility index (Phi) is 2.49. The van der Waals surface area contributed by atoms with Crippen molar-refractivity contribution >= 4 is 12.2 Å². The van der Waals surface area contributed by atoms with Crippen molar-refractivity contribution < 1.29 is 9.53 Å². The molecular formula is C11H11NO2. The summed E-state index contributed by atoms with van der Waals surface area (Å²) in [6.45, 7) is 0.419. The Morgan fingerprint density at radius 2 is 2.14 bits per heavy atom. The van der Waals surface area contributed by atoms with Crippen LogP contribution >= 0.6 is 0 Å². The number of carbonyl (C=O) groups excluding carboxylic acids is 1. The zero-order chi connectivity index (χ0) is 9.80. The molecule has 1 heterocycles. The second-order valence-electron chi connectivity index (χ2n) is 3.12. The predicted octanol–water partition coefficient (Wildman–Crippen LogP) is 1.81. The van der Waals surface area contributed by atoms with E-state index in [1.807, 2.05) is 42.5 Å². The third-order valence-corrected chi connectivity index (χ3v) is 2.02. The van der Waals surface area contributed by atoms with E-state index in [1.54, 1.807) is 0 Å². The maximum Gasteiger partial charge on any atom is 0.407 e. The molecular weight excluding hydrogens is 178 g/mol. The van der Waals surface area contributed by atoms with Gasteiger partial charge in [0.2, 0.25) is 0 Å². The van der Waals surface area contributed by atoms with Gasteiger partial charge in [-0.05, 0) is 5.56 Å². The van der Waals surface area contributed by atoms with Crippen molar-refractivity contribution in [1.82, 2.24) is 5.32 Å². The number of rotatable bonds is 2. The number of hydrogen-bond donors (Lipinski definition) is 1. The second-order valence-corrected chi connectivity index (χ2v) is 3.12. The lowest BCUT2D eigenvalue weighted by Crippen LogP contribution is -2.23. The van der Waals surface area contributed by atoms with Crippen LogP contribution in [0.5, 0.6) is 0 Å². The highest BCUT2D eigenvalue weighted by molar-refractivity contribution is 5.70. The van der Waals surface area contributed by atoms with Crippen molar-refractivity contribution in [3.05, 3.63) is 42.0 Å². The standard InChI is InChI=1S/C11H11NO2/c13-11-12-10(8-14-11)7-6-9-4-2-1-3-5-9/h1-7,10H,8H2,(H,12,13)/b7-6-/t10-/m1/s1. The molecule has 0 bridgehead atoms. The number of amides is 1. The second kappa shape index (κ2) is 3.96. The molecule has 14 heavy (non-hydrogen) atoms. The van der Waals surface area contributed by atoms with E-state index >= 15 is 0 Å². The molecule has 1 N–H and O–H groups in total. The van der Waals surface area contributed by atoms with E-state index < -0.39 is 0 Å². The van der Waals surface area contributed by atoms with Crippen LogP contribution in [0.15, 0.2) is 36.4 Å². The van der Waals surface area contributed by atoms with Crippen LogP contribution in [-0.4, -0.2) is 18.7 Å². The summed E-state index contributed by atoms with van der Waals surface area (Å²) in [5, 5.41) is 2.68. The number of alkyl carbamates (subject to hydrolysis) is 1. The fourth-order valence-corrected chi connectivity index (χ4v) is 1.30. The molecule has 1 aromatic rings. The van der Waals surface area contributed by atoms with Crippen molar-refractivity contribution in [2.75, 3.05) is 6.61 Å². The Balaban J connectivity index is 1.97. The first-order valence-corrected chi connectivity index (χ1v) is 4.51. The molecule has 0 aliphatic carbocycles. The average Bonchev–Trinajstić information content (AvgIpc) is 2.63. The molecule has 1 saturated heterocycles. The van der Waals surface area contributed by atoms with Crippen molar-refractivity contribution in [1.29, 1.82) is 0 Å². The van der Waals surface area contributed by atoms with Crippen LogP contribution in [0.1, 0.15) is 5.56 Å². The smallest absolute Gasteiger partial charge is 0.407 e. The summed E-state index contributed by atoms with van der Waals surface area (Å²) in [7, 11) is 0. The van der Waals surface area contributed by atoms with Crippen molar-refractivity contribution in [3.8, 4) is 0 Å². The van der Waals surface area contributed by atoms with Crippen molar-refractivity contribution in [2.24, 2.45) is 0 Å². The largest absolute Gasteiger partial charge is 0.447 e. The normalized spacial score (nSPS) is 20.9. The minimum absolute atomic E-state index is 0.00251. The first-order chi connectivity index (χ1) is 6.84. The molecule has 0 radical (unpaired) electrons. The van der Waals surface area contributed by atoms with Crippen LogP contribution < -0.4 is 5.32 Å². The van der Waals surface area contributed by atoms with E-state index in [1.165, 1.54) is 0 Å². The van der Waals surface area contributed by atoms with Gasteiger partial charge in [-0.25, -0.2) is 4.79 Å². The van der Waals surface area contributed by atoms with Gasteiger partial charge in [-0.3, -0.25) is 0 Å². The average molecular weight is 189 g/mol. The fourth-order valence-electron chi connectivity index (χ4n) is 1.30. The molecule has 0 unspecified atom stereocenters. The fraction of sp³-hybridized carbons (Fsp3) is 0.182. The quantitative estimate of drug-likeness (QED) is 0.770. The highest BCUT2D eigenvalue weighted by atomic mass is 16.6. The van der Waals surface area contributed by atoms with Crippen molar-refractivity contribution in [3.63, 3.8) is 0 Å². The predicted molar refractivity (Wildman–Crippen MR) is 53.7 cm³/mol. The number of hydrogen-bond acceptors (Lipinski definition) is 2. The molecule has 3 nitrogen and oxygen atoms in total. The highest BCUT2D eigenvalue weighted by Gasteiger charge is 2.18. The Morgan fingerprint density at radius 3 is 2.79 bits per heavy atom. The maximum absolute atomic E-state index is 10.7. The van der Waals surface area contributed by atoms with E-state index in [9.17, 15) is 4.79 Å². The van der Waals surface area contributed by atoms with E-state index in [0.29, 0.717) is 6.61 Å². The number of benzene rings is 1. The summed E-state index contributed by atoms with van der Waals surface area (Å²) in [5.74, 6) is 0. The number of cyclic esters (lactones) is 1. The first-order valence-electron chi connectivity index (χ1n) is 4.51. The summed E-state index contributed by atoms with van der Waals surface area (Å²) in [4.78, 5) is 10.7. The van der Waals surface area contributed by atoms with Crippen LogP contribution in [0.3, 0.4) is 0 Å². The SMILES string of the molecule is O=C1N[C@H](/C=C\c2ccccc2)CO1. The van der Waals surface area contributed by atoms with Gasteiger partial charge >= 0.3 is 6.09 Å². The van der Waals surface area contributed by atoms with Crippen LogP contribution in [0, 0.1) is 0 Å². The lowest BCUT2D eigenvalue weighted by atomic mass is 10.2. The maximum atomic E-state index is 10.7. The number of carbonyl (C=O) groups is 1. The van der Waals surface area contributed by atoms with Gasteiger partial charge in [0.05, 0.1) is 6.04 Å². The van der Waals surface area contributed by atoms with E-state index in [4.69, 9.17) is 4.74 Å². The molecule has 0 spiro atoms. The summed E-state index contributed by atoms with van der Waals surface area (Å²) in [5.41, 5.74) is 1.12. The van der Waals surface area contributed by atoms with Gasteiger partial charge in [-0.1, -0.05) is 42.5 Å². The van der Waals surface area contributed by atoms with E-state index in [2.05, 4.69) is 5.32 Å². The first kappa shape index (κ1) is 8.81. The molecule has 2 rings (SSSR count). The Bertz CT molecular complexity index is 346. The molecule has 72 valence electrons. The molecule has 1 atom stereocenters. The highest BCUT2D eigenvalue weighted by Crippen LogP contribution is 2.04. The van der Waals surface area contributed by atoms with E-state index in [0.717, 1.165) is 5.56 Å². The summed E-state index contributed by atoms with van der Waals surface area (Å²) in [6.07, 6.45) is 3.56. The topological polar surface area (TPSA) is 38.3 Å². The summed E-state index contributed by atoms with van der Waals surface area (Å²) >= 11 is 0. The molecule has 3 heteroatoms. The van der Waals surface area contributed by atoms with Gasteiger partial charge in [-0.2, -0.15) is 0 Å². The lowest BCUT2D eigenvalue weighted by molar-refractivity contribution is 0.177. The Morgan fingerprint density at radius 1 is 1.36 bits per heavy atom. The van der Waals surface area contributed by atoms with Crippen LogP contribution in [0.4, 0.5) is 4.79 Å². The molecule has 1 fully saturated rings. The zero-order valence-corrected chi connectivity index (χ0v) is 7.64. The Labute approximate surface area is 82.4 Å². The molecule has 1 aliphatic rings. The van der Waals surface area contributed by atoms with Gasteiger partial charge in [0.15, 0.2) is 0 Å². The van der Waals surface area contributed by atoms with Crippen LogP contribution in [0.25, 0.3) is 6.08 Å². The van der Waals surface area contributed by atoms with Crippen molar-refractivity contribution in [2.45, 2.75) is 6.04 Å². The zero-order valence-electron chi connectivity index (χ0n) is 7.64. The molecule has 0 saturated carbocycles. The number of ether oxygens (including phenoxy) is 1.